The summed E-state index contributed by atoms with van der Waals surface area (Å²) in [5.74, 6) is -0.117. The Labute approximate surface area is 114 Å². The quantitative estimate of drug-likeness (QED) is 0.767. The summed E-state index contributed by atoms with van der Waals surface area (Å²) < 4.78 is 0. The molecule has 1 rings (SSSR count). The van der Waals surface area contributed by atoms with Crippen LogP contribution in [0.15, 0.2) is 18.2 Å². The van der Waals surface area contributed by atoms with E-state index in [0.29, 0.717) is 12.1 Å². The van der Waals surface area contributed by atoms with E-state index in [2.05, 4.69) is 5.32 Å². The fraction of sp³-hybridized carbons (Fsp3) is 0.467. The Morgan fingerprint density at radius 3 is 2.58 bits per heavy atom. The molecule has 0 radical (unpaired) electrons. The molecule has 0 aromatic heterocycles. The van der Waals surface area contributed by atoms with Gasteiger partial charge in [0.2, 0.25) is 5.91 Å². The van der Waals surface area contributed by atoms with Gasteiger partial charge in [0.25, 0.3) is 0 Å². The lowest BCUT2D eigenvalue weighted by atomic mass is 9.99. The molecule has 0 saturated heterocycles. The van der Waals surface area contributed by atoms with Crippen LogP contribution in [0, 0.1) is 13.8 Å². The number of Topliss-reactive ketones (excluding diaryl/α,β-unsaturated/α-hetero) is 1. The topological polar surface area (TPSA) is 72.2 Å². The monoisotopic (exact) mass is 262 g/mol. The van der Waals surface area contributed by atoms with Crippen LogP contribution >= 0.6 is 0 Å². The van der Waals surface area contributed by atoms with Crippen LogP contribution in [0.3, 0.4) is 0 Å². The number of benzene rings is 1. The third kappa shape index (κ3) is 4.83. The van der Waals surface area contributed by atoms with Gasteiger partial charge in [0.15, 0.2) is 5.78 Å². The van der Waals surface area contributed by atoms with Gasteiger partial charge < -0.3 is 11.1 Å². The van der Waals surface area contributed by atoms with Gasteiger partial charge in [-0.05, 0) is 32.4 Å². The first kappa shape index (κ1) is 15.4. The Morgan fingerprint density at radius 1 is 1.26 bits per heavy atom. The molecule has 4 nitrogen and oxygen atoms in total. The molecule has 0 aliphatic heterocycles. The van der Waals surface area contributed by atoms with E-state index in [0.717, 1.165) is 11.1 Å². The number of aryl methyl sites for hydroxylation is 2. The van der Waals surface area contributed by atoms with Gasteiger partial charge in [0.1, 0.15) is 0 Å². The molecule has 0 spiro atoms. The maximum absolute atomic E-state index is 12.1. The van der Waals surface area contributed by atoms with Crippen LogP contribution in [0.1, 0.15) is 41.3 Å². The molecule has 1 amide bonds. The van der Waals surface area contributed by atoms with Crippen LogP contribution in [-0.2, 0) is 4.79 Å². The van der Waals surface area contributed by atoms with E-state index in [1.165, 1.54) is 0 Å². The Balaban J connectivity index is 2.56. The van der Waals surface area contributed by atoms with Crippen molar-refractivity contribution in [1.29, 1.82) is 0 Å². The maximum atomic E-state index is 12.1. The normalized spacial score (nSPS) is 12.0. The Bertz CT molecular complexity index is 469. The van der Waals surface area contributed by atoms with Crippen molar-refractivity contribution in [3.05, 3.63) is 34.9 Å². The van der Waals surface area contributed by atoms with Gasteiger partial charge in [-0.1, -0.05) is 17.7 Å². The summed E-state index contributed by atoms with van der Waals surface area (Å²) in [5, 5.41) is 2.75. The van der Waals surface area contributed by atoms with Crippen LogP contribution in [-0.4, -0.2) is 24.3 Å². The summed E-state index contributed by atoms with van der Waals surface area (Å²) in [6.45, 7) is 6.09. The molecule has 4 heteroatoms. The number of hydrogen-bond donors (Lipinski definition) is 2. The molecular weight excluding hydrogens is 240 g/mol. The Kier molecular flexibility index (Phi) is 5.70. The first-order valence-corrected chi connectivity index (χ1v) is 6.54. The predicted octanol–water partition coefficient (Wildman–Crippen LogP) is 1.73. The molecule has 0 bridgehead atoms. The van der Waals surface area contributed by atoms with Gasteiger partial charge in [0.05, 0.1) is 0 Å². The zero-order chi connectivity index (χ0) is 14.4. The second-order valence-electron chi connectivity index (χ2n) is 4.95. The van der Waals surface area contributed by atoms with Crippen molar-refractivity contribution in [3.63, 3.8) is 0 Å². The highest BCUT2D eigenvalue weighted by Crippen LogP contribution is 2.13. The average Bonchev–Trinajstić information content (AvgIpc) is 2.38. The summed E-state index contributed by atoms with van der Waals surface area (Å²) in [6.07, 6.45) is 0.434. The van der Waals surface area contributed by atoms with E-state index in [1.807, 2.05) is 39.0 Å². The number of ketones is 1. The molecule has 0 unspecified atom stereocenters. The van der Waals surface area contributed by atoms with Crippen molar-refractivity contribution in [2.75, 3.05) is 6.54 Å². The number of amides is 1. The summed E-state index contributed by atoms with van der Waals surface area (Å²) in [6, 6.07) is 5.72. The lowest BCUT2D eigenvalue weighted by Gasteiger charge is -2.11. The smallest absolute Gasteiger partial charge is 0.220 e. The van der Waals surface area contributed by atoms with Gasteiger partial charge in [-0.3, -0.25) is 9.59 Å². The van der Waals surface area contributed by atoms with E-state index >= 15 is 0 Å². The summed E-state index contributed by atoms with van der Waals surface area (Å²) in [4.78, 5) is 23.7. The molecule has 3 N–H and O–H groups in total. The zero-order valence-electron chi connectivity index (χ0n) is 11.8. The molecule has 19 heavy (non-hydrogen) atoms. The minimum Gasteiger partial charge on any atom is -0.352 e. The van der Waals surface area contributed by atoms with Crippen LogP contribution in [0.5, 0.6) is 0 Å². The number of nitrogens with one attached hydrogen (secondary N) is 1. The van der Waals surface area contributed by atoms with E-state index in [9.17, 15) is 9.59 Å². The van der Waals surface area contributed by atoms with Crippen molar-refractivity contribution in [3.8, 4) is 0 Å². The maximum Gasteiger partial charge on any atom is 0.220 e. The average molecular weight is 262 g/mol. The lowest BCUT2D eigenvalue weighted by Crippen LogP contribution is -2.37. The molecule has 0 heterocycles. The van der Waals surface area contributed by atoms with E-state index < -0.39 is 0 Å². The number of hydrogen-bond acceptors (Lipinski definition) is 3. The van der Waals surface area contributed by atoms with E-state index in [4.69, 9.17) is 5.73 Å². The first-order valence-electron chi connectivity index (χ1n) is 6.54. The highest BCUT2D eigenvalue weighted by Gasteiger charge is 2.12. The molecule has 0 saturated carbocycles. The fourth-order valence-corrected chi connectivity index (χ4v) is 1.80. The molecule has 1 aromatic carbocycles. The van der Waals surface area contributed by atoms with Crippen molar-refractivity contribution in [2.45, 2.75) is 39.7 Å². The summed E-state index contributed by atoms with van der Waals surface area (Å²) in [7, 11) is 0. The summed E-state index contributed by atoms with van der Waals surface area (Å²) >= 11 is 0. The number of carbonyl (C=O) groups excluding carboxylic acids is 2. The third-order valence-electron chi connectivity index (χ3n) is 3.03. The van der Waals surface area contributed by atoms with Crippen molar-refractivity contribution < 1.29 is 9.59 Å². The molecule has 0 aliphatic rings. The van der Waals surface area contributed by atoms with Gasteiger partial charge in [-0.25, -0.2) is 0 Å². The van der Waals surface area contributed by atoms with E-state index in [1.54, 1.807) is 0 Å². The molecule has 104 valence electrons. The van der Waals surface area contributed by atoms with Crippen LogP contribution in [0.2, 0.25) is 0 Å². The van der Waals surface area contributed by atoms with E-state index in [-0.39, 0.29) is 30.6 Å². The highest BCUT2D eigenvalue weighted by atomic mass is 16.2. The minimum absolute atomic E-state index is 0.0109. The van der Waals surface area contributed by atoms with Gasteiger partial charge in [0, 0.05) is 31.0 Å². The molecular formula is C15H22N2O2. The first-order chi connectivity index (χ1) is 8.93. The van der Waals surface area contributed by atoms with Crippen molar-refractivity contribution >= 4 is 11.7 Å². The number of carbonyl (C=O) groups is 2. The molecule has 1 atom stereocenters. The van der Waals surface area contributed by atoms with Crippen molar-refractivity contribution in [1.82, 2.24) is 5.32 Å². The minimum atomic E-state index is -0.128. The predicted molar refractivity (Wildman–Crippen MR) is 76.1 cm³/mol. The van der Waals surface area contributed by atoms with Gasteiger partial charge in [-0.2, -0.15) is 0 Å². The lowest BCUT2D eigenvalue weighted by molar-refractivity contribution is -0.121. The zero-order valence-corrected chi connectivity index (χ0v) is 11.8. The van der Waals surface area contributed by atoms with Gasteiger partial charge in [-0.15, -0.1) is 0 Å². The third-order valence-corrected chi connectivity index (χ3v) is 3.03. The molecule has 1 aromatic rings. The largest absolute Gasteiger partial charge is 0.352 e. The van der Waals surface area contributed by atoms with Gasteiger partial charge >= 0.3 is 0 Å². The highest BCUT2D eigenvalue weighted by molar-refractivity contribution is 5.99. The van der Waals surface area contributed by atoms with Crippen LogP contribution in [0.4, 0.5) is 0 Å². The number of rotatable bonds is 6. The standard InChI is InChI=1S/C15H22N2O2/c1-10-4-5-11(2)13(8-10)14(18)6-7-15(19)17-12(3)9-16/h4-5,8,12H,6-7,9,16H2,1-3H3,(H,17,19)/t12-/m0/s1. The Hall–Kier alpha value is -1.68. The van der Waals surface area contributed by atoms with Crippen LogP contribution in [0.25, 0.3) is 0 Å². The second kappa shape index (κ2) is 7.04. The SMILES string of the molecule is Cc1ccc(C)c(C(=O)CCC(=O)N[C@@H](C)CN)c1. The Morgan fingerprint density at radius 2 is 1.95 bits per heavy atom. The fourth-order valence-electron chi connectivity index (χ4n) is 1.80. The summed E-state index contributed by atoms with van der Waals surface area (Å²) in [5.41, 5.74) is 8.13. The molecule has 0 fully saturated rings. The van der Waals surface area contributed by atoms with Crippen molar-refractivity contribution in [2.24, 2.45) is 5.73 Å². The van der Waals surface area contributed by atoms with Crippen LogP contribution < -0.4 is 11.1 Å². The molecule has 0 aliphatic carbocycles. The second-order valence-corrected chi connectivity index (χ2v) is 4.95. The number of nitrogens with two attached hydrogens (primary N) is 1.